The fourth-order valence-corrected chi connectivity index (χ4v) is 3.61. The molecule has 0 spiro atoms. The van der Waals surface area contributed by atoms with Crippen LogP contribution in [0.15, 0.2) is 81.9 Å². The van der Waals surface area contributed by atoms with Gasteiger partial charge in [-0.3, -0.25) is 4.79 Å². The molecule has 1 aromatic carbocycles. The van der Waals surface area contributed by atoms with Gasteiger partial charge in [0.05, 0.1) is 15.8 Å². The Balaban J connectivity index is 1.98. The molecule has 1 aliphatic rings. The van der Waals surface area contributed by atoms with Crippen molar-refractivity contribution in [3.05, 3.63) is 77.0 Å². The van der Waals surface area contributed by atoms with Crippen LogP contribution in [0.5, 0.6) is 0 Å². The summed E-state index contributed by atoms with van der Waals surface area (Å²) in [6.45, 7) is 4.38. The summed E-state index contributed by atoms with van der Waals surface area (Å²) in [4.78, 5) is 15.1. The second-order valence-corrected chi connectivity index (χ2v) is 7.18. The largest absolute Gasteiger partial charge is 0.338 e. The number of amides is 1. The van der Waals surface area contributed by atoms with Crippen molar-refractivity contribution in [1.29, 1.82) is 0 Å². The predicted molar refractivity (Wildman–Crippen MR) is 100 cm³/mol. The Morgan fingerprint density at radius 3 is 2.76 bits per heavy atom. The SMILES string of the molecule is C=CC(Cl)=C(F)C=CCCN1CCC=C(S(=O)c2ccccc2)C1=O. The van der Waals surface area contributed by atoms with Crippen LogP contribution in [0.2, 0.25) is 0 Å². The van der Waals surface area contributed by atoms with E-state index in [4.69, 9.17) is 11.6 Å². The number of carbonyl (C=O) groups is 1. The van der Waals surface area contributed by atoms with Crippen LogP contribution in [-0.4, -0.2) is 28.1 Å². The number of rotatable bonds is 7. The summed E-state index contributed by atoms with van der Waals surface area (Å²) < 4.78 is 26.0. The minimum absolute atomic E-state index is 0.0474. The Labute approximate surface area is 154 Å². The average Bonchev–Trinajstić information content (AvgIpc) is 2.65. The Hall–Kier alpha value is -1.98. The lowest BCUT2D eigenvalue weighted by molar-refractivity contribution is -0.126. The van der Waals surface area contributed by atoms with E-state index >= 15 is 0 Å². The maximum Gasteiger partial charge on any atom is 0.262 e. The molecule has 0 saturated carbocycles. The number of allylic oxidation sites excluding steroid dienone is 4. The van der Waals surface area contributed by atoms with Crippen molar-refractivity contribution in [2.24, 2.45) is 0 Å². The number of nitrogens with zero attached hydrogens (tertiary/aromatic N) is 1. The van der Waals surface area contributed by atoms with E-state index in [9.17, 15) is 13.4 Å². The first-order chi connectivity index (χ1) is 12.0. The lowest BCUT2D eigenvalue weighted by Crippen LogP contribution is -2.37. The summed E-state index contributed by atoms with van der Waals surface area (Å²) >= 11 is 5.61. The van der Waals surface area contributed by atoms with Crippen LogP contribution in [0.4, 0.5) is 4.39 Å². The fourth-order valence-electron chi connectivity index (χ4n) is 2.33. The number of carbonyl (C=O) groups excluding carboxylic acids is 1. The predicted octanol–water partition coefficient (Wildman–Crippen LogP) is 4.46. The van der Waals surface area contributed by atoms with Gasteiger partial charge in [-0.1, -0.05) is 48.5 Å². The van der Waals surface area contributed by atoms with Crippen molar-refractivity contribution in [3.8, 4) is 0 Å². The van der Waals surface area contributed by atoms with E-state index in [1.165, 1.54) is 12.2 Å². The van der Waals surface area contributed by atoms with E-state index in [-0.39, 0.29) is 10.9 Å². The molecule has 1 heterocycles. The second kappa shape index (κ2) is 9.49. The molecule has 1 atom stereocenters. The first-order valence-electron chi connectivity index (χ1n) is 7.85. The topological polar surface area (TPSA) is 37.4 Å². The molecule has 0 fully saturated rings. The van der Waals surface area contributed by atoms with Gasteiger partial charge in [0.25, 0.3) is 5.91 Å². The van der Waals surface area contributed by atoms with Crippen molar-refractivity contribution in [2.45, 2.75) is 17.7 Å². The van der Waals surface area contributed by atoms with Crippen LogP contribution >= 0.6 is 11.6 Å². The number of hydrogen-bond acceptors (Lipinski definition) is 2. The molecule has 6 heteroatoms. The molecule has 1 aliphatic heterocycles. The molecule has 0 radical (unpaired) electrons. The highest BCUT2D eigenvalue weighted by atomic mass is 35.5. The van der Waals surface area contributed by atoms with Gasteiger partial charge in [0, 0.05) is 18.0 Å². The Morgan fingerprint density at radius 2 is 2.08 bits per heavy atom. The van der Waals surface area contributed by atoms with E-state index < -0.39 is 16.6 Å². The van der Waals surface area contributed by atoms with Crippen LogP contribution in [0.1, 0.15) is 12.8 Å². The molecule has 2 rings (SSSR count). The molecule has 0 saturated heterocycles. The summed E-state index contributed by atoms with van der Waals surface area (Å²) in [7, 11) is -1.49. The smallest absolute Gasteiger partial charge is 0.262 e. The van der Waals surface area contributed by atoms with Gasteiger partial charge in [-0.05, 0) is 37.1 Å². The number of halogens is 2. The summed E-state index contributed by atoms with van der Waals surface area (Å²) in [6, 6.07) is 8.90. The molecule has 1 unspecified atom stereocenters. The second-order valence-electron chi connectivity index (χ2n) is 5.32. The van der Waals surface area contributed by atoms with Crippen molar-refractivity contribution < 1.29 is 13.4 Å². The van der Waals surface area contributed by atoms with E-state index in [1.54, 1.807) is 41.3 Å². The average molecular weight is 380 g/mol. The van der Waals surface area contributed by atoms with Gasteiger partial charge in [0.15, 0.2) is 0 Å². The van der Waals surface area contributed by atoms with Gasteiger partial charge in [0.2, 0.25) is 0 Å². The molecule has 0 aromatic heterocycles. The minimum Gasteiger partial charge on any atom is -0.338 e. The zero-order valence-electron chi connectivity index (χ0n) is 13.7. The van der Waals surface area contributed by atoms with E-state index in [1.807, 2.05) is 6.07 Å². The first-order valence-corrected chi connectivity index (χ1v) is 9.38. The molecular weight excluding hydrogens is 361 g/mol. The fraction of sp³-hybridized carbons (Fsp3) is 0.211. The molecule has 0 N–H and O–H groups in total. The normalized spacial score (nSPS) is 17.3. The molecule has 0 aliphatic carbocycles. The highest BCUT2D eigenvalue weighted by Crippen LogP contribution is 2.21. The Morgan fingerprint density at radius 1 is 1.36 bits per heavy atom. The number of hydrogen-bond donors (Lipinski definition) is 0. The van der Waals surface area contributed by atoms with Crippen LogP contribution in [0.25, 0.3) is 0 Å². The molecule has 25 heavy (non-hydrogen) atoms. The summed E-state index contributed by atoms with van der Waals surface area (Å²) in [5.74, 6) is -0.797. The zero-order valence-corrected chi connectivity index (χ0v) is 15.2. The third-order valence-corrected chi connectivity index (χ3v) is 5.40. The highest BCUT2D eigenvalue weighted by Gasteiger charge is 2.26. The first kappa shape index (κ1) is 19.3. The van der Waals surface area contributed by atoms with Crippen LogP contribution in [0.3, 0.4) is 0 Å². The lowest BCUT2D eigenvalue weighted by atomic mass is 10.2. The van der Waals surface area contributed by atoms with Crippen molar-refractivity contribution in [3.63, 3.8) is 0 Å². The van der Waals surface area contributed by atoms with Crippen molar-refractivity contribution in [1.82, 2.24) is 4.90 Å². The van der Waals surface area contributed by atoms with Crippen LogP contribution in [-0.2, 0) is 15.6 Å². The van der Waals surface area contributed by atoms with E-state index in [0.717, 1.165) is 0 Å². The zero-order chi connectivity index (χ0) is 18.2. The maximum atomic E-state index is 13.5. The maximum absolute atomic E-state index is 13.5. The van der Waals surface area contributed by atoms with Gasteiger partial charge in [-0.25, -0.2) is 8.60 Å². The lowest BCUT2D eigenvalue weighted by Gasteiger charge is -2.26. The Kier molecular flexibility index (Phi) is 7.34. The monoisotopic (exact) mass is 379 g/mol. The molecular formula is C19H19ClFNO2S. The van der Waals surface area contributed by atoms with Gasteiger partial charge >= 0.3 is 0 Å². The summed E-state index contributed by atoms with van der Waals surface area (Å²) in [5.41, 5.74) is 0. The van der Waals surface area contributed by atoms with Crippen LogP contribution < -0.4 is 0 Å². The van der Waals surface area contributed by atoms with E-state index in [2.05, 4.69) is 6.58 Å². The molecule has 3 nitrogen and oxygen atoms in total. The van der Waals surface area contributed by atoms with E-state index in [0.29, 0.717) is 35.7 Å². The van der Waals surface area contributed by atoms with Crippen molar-refractivity contribution >= 4 is 28.3 Å². The van der Waals surface area contributed by atoms with Gasteiger partial charge < -0.3 is 4.90 Å². The molecule has 132 valence electrons. The van der Waals surface area contributed by atoms with Gasteiger partial charge in [0.1, 0.15) is 10.7 Å². The molecule has 0 bridgehead atoms. The quantitative estimate of drug-likeness (QED) is 0.656. The molecule has 1 aromatic rings. The van der Waals surface area contributed by atoms with Crippen molar-refractivity contribution in [2.75, 3.05) is 13.1 Å². The summed E-state index contributed by atoms with van der Waals surface area (Å²) in [6.07, 6.45) is 6.97. The molecule has 1 amide bonds. The van der Waals surface area contributed by atoms with Crippen LogP contribution in [0, 0.1) is 0 Å². The summed E-state index contributed by atoms with van der Waals surface area (Å²) in [5, 5.41) is -0.0474. The minimum atomic E-state index is -1.49. The highest BCUT2D eigenvalue weighted by molar-refractivity contribution is 7.90. The number of benzene rings is 1. The third kappa shape index (κ3) is 5.25. The standard InChI is InChI=1S/C19H19ClFNO2S/c1-2-16(20)17(21)11-6-7-13-22-14-8-12-18(19(22)23)25(24)15-9-4-3-5-10-15/h2-6,9-12H,1,7-8,13-14H2. The third-order valence-electron chi connectivity index (χ3n) is 3.62. The van der Waals surface area contributed by atoms with Gasteiger partial charge in [-0.15, -0.1) is 0 Å². The van der Waals surface area contributed by atoms with Gasteiger partial charge in [-0.2, -0.15) is 0 Å². The Bertz CT molecular complexity index is 756.